The second kappa shape index (κ2) is 8.77. The fourth-order valence-electron chi connectivity index (χ4n) is 1.90. The SMILES string of the molecule is CCOC(=O)NNC(=O)[C@@H](NC(=O)c1cccc(C)c1)C(C)C. The Labute approximate surface area is 135 Å². The number of ether oxygens (including phenoxy) is 1. The molecule has 7 heteroatoms. The Morgan fingerprint density at radius 2 is 1.87 bits per heavy atom. The van der Waals surface area contributed by atoms with E-state index >= 15 is 0 Å². The highest BCUT2D eigenvalue weighted by Crippen LogP contribution is 2.07. The monoisotopic (exact) mass is 321 g/mol. The van der Waals surface area contributed by atoms with E-state index in [1.165, 1.54) is 0 Å². The summed E-state index contributed by atoms with van der Waals surface area (Å²) >= 11 is 0. The zero-order valence-corrected chi connectivity index (χ0v) is 13.8. The molecule has 0 aliphatic heterocycles. The minimum absolute atomic E-state index is 0.159. The summed E-state index contributed by atoms with van der Waals surface area (Å²) in [6, 6.07) is 6.28. The minimum atomic E-state index is -0.787. The molecule has 0 fully saturated rings. The molecule has 23 heavy (non-hydrogen) atoms. The molecule has 1 aromatic rings. The molecular formula is C16H23N3O4. The van der Waals surface area contributed by atoms with E-state index in [0.29, 0.717) is 5.56 Å². The molecule has 1 atom stereocenters. The number of hydrogen-bond donors (Lipinski definition) is 3. The van der Waals surface area contributed by atoms with Crippen molar-refractivity contribution in [2.24, 2.45) is 5.92 Å². The first-order chi connectivity index (χ1) is 10.8. The number of benzene rings is 1. The maximum Gasteiger partial charge on any atom is 0.426 e. The van der Waals surface area contributed by atoms with Crippen molar-refractivity contribution in [1.82, 2.24) is 16.2 Å². The van der Waals surface area contributed by atoms with Gasteiger partial charge in [-0.3, -0.25) is 15.0 Å². The Morgan fingerprint density at radius 1 is 1.17 bits per heavy atom. The van der Waals surface area contributed by atoms with Crippen molar-refractivity contribution in [1.29, 1.82) is 0 Å². The Hall–Kier alpha value is -2.57. The number of hydrogen-bond acceptors (Lipinski definition) is 4. The van der Waals surface area contributed by atoms with Crippen molar-refractivity contribution in [3.63, 3.8) is 0 Å². The van der Waals surface area contributed by atoms with Gasteiger partial charge in [0.25, 0.3) is 11.8 Å². The highest BCUT2D eigenvalue weighted by Gasteiger charge is 2.25. The molecule has 0 saturated carbocycles. The van der Waals surface area contributed by atoms with Gasteiger partial charge in [0.1, 0.15) is 6.04 Å². The topological polar surface area (TPSA) is 96.5 Å². The average molecular weight is 321 g/mol. The summed E-state index contributed by atoms with van der Waals surface area (Å²) in [7, 11) is 0. The molecular weight excluding hydrogens is 298 g/mol. The second-order valence-corrected chi connectivity index (χ2v) is 5.40. The van der Waals surface area contributed by atoms with Gasteiger partial charge in [-0.05, 0) is 31.9 Å². The van der Waals surface area contributed by atoms with Gasteiger partial charge in [-0.1, -0.05) is 31.5 Å². The van der Waals surface area contributed by atoms with Gasteiger partial charge in [-0.25, -0.2) is 10.2 Å². The van der Waals surface area contributed by atoms with Crippen LogP contribution in [-0.2, 0) is 9.53 Å². The Bertz CT molecular complexity index is 572. The van der Waals surface area contributed by atoms with Crippen molar-refractivity contribution >= 4 is 17.9 Å². The predicted octanol–water partition coefficient (Wildman–Crippen LogP) is 1.53. The second-order valence-electron chi connectivity index (χ2n) is 5.40. The van der Waals surface area contributed by atoms with Crippen LogP contribution in [0, 0.1) is 12.8 Å². The molecule has 1 rings (SSSR count). The normalized spacial score (nSPS) is 11.5. The Kier molecular flexibility index (Phi) is 7.05. The third-order valence-corrected chi connectivity index (χ3v) is 3.08. The van der Waals surface area contributed by atoms with Gasteiger partial charge < -0.3 is 10.1 Å². The van der Waals surface area contributed by atoms with Crippen molar-refractivity contribution < 1.29 is 19.1 Å². The molecule has 3 N–H and O–H groups in total. The number of carbonyl (C=O) groups is 3. The molecule has 0 spiro atoms. The standard InChI is InChI=1S/C16H23N3O4/c1-5-23-16(22)19-18-15(21)13(10(2)3)17-14(20)12-8-6-7-11(4)9-12/h6-10,13H,5H2,1-4H3,(H,17,20)(H,18,21)(H,19,22)/t13-/m0/s1. The summed E-state index contributed by atoms with van der Waals surface area (Å²) in [6.07, 6.45) is -0.756. The van der Waals surface area contributed by atoms with Crippen LogP contribution in [0.5, 0.6) is 0 Å². The van der Waals surface area contributed by atoms with Crippen LogP contribution in [0.3, 0.4) is 0 Å². The number of nitrogens with one attached hydrogen (secondary N) is 3. The molecule has 126 valence electrons. The van der Waals surface area contributed by atoms with Crippen LogP contribution in [0.1, 0.15) is 36.7 Å². The zero-order chi connectivity index (χ0) is 17.4. The van der Waals surface area contributed by atoms with Crippen LogP contribution in [-0.4, -0.2) is 30.6 Å². The summed E-state index contributed by atoms with van der Waals surface area (Å²) in [6.45, 7) is 7.32. The van der Waals surface area contributed by atoms with Gasteiger partial charge in [0.2, 0.25) is 0 Å². The Morgan fingerprint density at radius 3 is 2.43 bits per heavy atom. The minimum Gasteiger partial charge on any atom is -0.449 e. The first-order valence-electron chi connectivity index (χ1n) is 7.45. The van der Waals surface area contributed by atoms with Crippen LogP contribution in [0.25, 0.3) is 0 Å². The van der Waals surface area contributed by atoms with E-state index in [0.717, 1.165) is 5.56 Å². The Balaban J connectivity index is 2.69. The highest BCUT2D eigenvalue weighted by atomic mass is 16.5. The van der Waals surface area contributed by atoms with Gasteiger partial charge in [-0.15, -0.1) is 0 Å². The fourth-order valence-corrected chi connectivity index (χ4v) is 1.90. The summed E-state index contributed by atoms with van der Waals surface area (Å²) in [4.78, 5) is 35.6. The molecule has 1 aromatic carbocycles. The third kappa shape index (κ3) is 5.98. The van der Waals surface area contributed by atoms with Crippen LogP contribution in [0.15, 0.2) is 24.3 Å². The zero-order valence-electron chi connectivity index (χ0n) is 13.8. The van der Waals surface area contributed by atoms with Crippen LogP contribution < -0.4 is 16.2 Å². The number of amides is 3. The van der Waals surface area contributed by atoms with E-state index in [1.54, 1.807) is 39.0 Å². The van der Waals surface area contributed by atoms with Crippen molar-refractivity contribution in [2.75, 3.05) is 6.61 Å². The molecule has 0 aliphatic rings. The lowest BCUT2D eigenvalue weighted by Crippen LogP contribution is -2.54. The van der Waals surface area contributed by atoms with Crippen molar-refractivity contribution in [3.05, 3.63) is 35.4 Å². The lowest BCUT2D eigenvalue weighted by molar-refractivity contribution is -0.124. The average Bonchev–Trinajstić information content (AvgIpc) is 2.50. The van der Waals surface area contributed by atoms with Crippen molar-refractivity contribution in [3.8, 4) is 0 Å². The molecule has 0 aromatic heterocycles. The summed E-state index contributed by atoms with van der Waals surface area (Å²) in [5, 5.41) is 2.67. The molecule has 3 amide bonds. The molecule has 0 saturated heterocycles. The highest BCUT2D eigenvalue weighted by molar-refractivity contribution is 5.97. The van der Waals surface area contributed by atoms with E-state index in [1.807, 2.05) is 13.0 Å². The predicted molar refractivity (Wildman–Crippen MR) is 85.6 cm³/mol. The maximum atomic E-state index is 12.3. The van der Waals surface area contributed by atoms with Gasteiger partial charge in [-0.2, -0.15) is 0 Å². The van der Waals surface area contributed by atoms with Crippen LogP contribution in [0.2, 0.25) is 0 Å². The van der Waals surface area contributed by atoms with E-state index in [9.17, 15) is 14.4 Å². The van der Waals surface area contributed by atoms with E-state index in [2.05, 4.69) is 20.9 Å². The summed E-state index contributed by atoms with van der Waals surface area (Å²) in [5.74, 6) is -1.03. The van der Waals surface area contributed by atoms with Gasteiger partial charge in [0.15, 0.2) is 0 Å². The molecule has 0 aliphatic carbocycles. The maximum absolute atomic E-state index is 12.3. The number of aryl methyl sites for hydroxylation is 1. The first kappa shape index (κ1) is 18.5. The number of hydrazine groups is 1. The fraction of sp³-hybridized carbons (Fsp3) is 0.438. The van der Waals surface area contributed by atoms with Gasteiger partial charge in [0, 0.05) is 5.56 Å². The number of carbonyl (C=O) groups excluding carboxylic acids is 3. The van der Waals surface area contributed by atoms with E-state index in [4.69, 9.17) is 0 Å². The van der Waals surface area contributed by atoms with Crippen molar-refractivity contribution in [2.45, 2.75) is 33.7 Å². The molecule has 0 heterocycles. The molecule has 0 bridgehead atoms. The van der Waals surface area contributed by atoms with Crippen LogP contribution in [0.4, 0.5) is 4.79 Å². The smallest absolute Gasteiger partial charge is 0.426 e. The van der Waals surface area contributed by atoms with E-state index in [-0.39, 0.29) is 18.4 Å². The largest absolute Gasteiger partial charge is 0.449 e. The lowest BCUT2D eigenvalue weighted by atomic mass is 10.0. The number of rotatable bonds is 5. The lowest BCUT2D eigenvalue weighted by Gasteiger charge is -2.21. The van der Waals surface area contributed by atoms with E-state index < -0.39 is 18.0 Å². The molecule has 7 nitrogen and oxygen atoms in total. The molecule has 0 unspecified atom stereocenters. The first-order valence-corrected chi connectivity index (χ1v) is 7.45. The summed E-state index contributed by atoms with van der Waals surface area (Å²) < 4.78 is 4.64. The van der Waals surface area contributed by atoms with Crippen LogP contribution >= 0.6 is 0 Å². The third-order valence-electron chi connectivity index (χ3n) is 3.08. The van der Waals surface area contributed by atoms with Gasteiger partial charge >= 0.3 is 6.09 Å². The molecule has 0 radical (unpaired) electrons. The quantitative estimate of drug-likeness (QED) is 0.717. The van der Waals surface area contributed by atoms with Gasteiger partial charge in [0.05, 0.1) is 6.61 Å². The summed E-state index contributed by atoms with van der Waals surface area (Å²) in [5.41, 5.74) is 5.79.